The summed E-state index contributed by atoms with van der Waals surface area (Å²) < 4.78 is 16.0. The van der Waals surface area contributed by atoms with Crippen LogP contribution >= 0.6 is 12.6 Å². The molecule has 1 unspecified atom stereocenters. The molecule has 30 heavy (non-hydrogen) atoms. The van der Waals surface area contributed by atoms with E-state index in [2.05, 4.69) is 39.5 Å². The molecule has 1 atom stereocenters. The van der Waals surface area contributed by atoms with Crippen LogP contribution in [0.4, 0.5) is 10.2 Å². The van der Waals surface area contributed by atoms with Crippen LogP contribution in [0, 0.1) is 5.82 Å². The van der Waals surface area contributed by atoms with Gasteiger partial charge in [0.25, 0.3) is 0 Å². The van der Waals surface area contributed by atoms with Gasteiger partial charge in [-0.25, -0.2) is 14.1 Å². The van der Waals surface area contributed by atoms with E-state index >= 15 is 0 Å². The molecule has 3 heterocycles. The largest absolute Gasteiger partial charge is 0.361 e. The summed E-state index contributed by atoms with van der Waals surface area (Å²) >= 11 is 4.08. The zero-order valence-corrected chi connectivity index (χ0v) is 17.9. The predicted octanol–water partition coefficient (Wildman–Crippen LogP) is 4.20. The van der Waals surface area contributed by atoms with Crippen LogP contribution < -0.4 is 5.32 Å². The summed E-state index contributed by atoms with van der Waals surface area (Å²) in [5.74, 6) is 0.300. The van der Waals surface area contributed by atoms with Crippen LogP contribution in [0.2, 0.25) is 0 Å². The van der Waals surface area contributed by atoms with E-state index in [1.165, 1.54) is 43.1 Å². The number of likely N-dealkylation sites (tertiary alicyclic amines) is 1. The molecule has 0 radical (unpaired) electrons. The lowest BCUT2D eigenvalue weighted by atomic mass is 10.0. The lowest BCUT2D eigenvalue weighted by Gasteiger charge is -2.27. The number of aromatic nitrogens is 3. The van der Waals surface area contributed by atoms with E-state index in [9.17, 15) is 9.50 Å². The third-order valence-corrected chi connectivity index (χ3v) is 5.51. The Hall–Kier alpha value is -2.42. The minimum Gasteiger partial charge on any atom is -0.361 e. The molecular weight excluding hydrogens is 401 g/mol. The van der Waals surface area contributed by atoms with Crippen LogP contribution in [0.1, 0.15) is 26.2 Å². The summed E-state index contributed by atoms with van der Waals surface area (Å²) in [5.41, 5.74) is 1.85. The second kappa shape index (κ2) is 8.37. The van der Waals surface area contributed by atoms with Gasteiger partial charge in [-0.05, 0) is 56.4 Å². The molecule has 0 aliphatic carbocycles. The van der Waals surface area contributed by atoms with E-state index in [0.29, 0.717) is 22.3 Å². The summed E-state index contributed by atoms with van der Waals surface area (Å²) in [6.07, 6.45) is 8.49. The molecule has 6 nitrogen and oxygen atoms in total. The van der Waals surface area contributed by atoms with E-state index in [1.54, 1.807) is 18.5 Å². The number of anilines is 1. The number of halogens is 1. The Morgan fingerprint density at radius 3 is 2.70 bits per heavy atom. The van der Waals surface area contributed by atoms with Gasteiger partial charge in [-0.1, -0.05) is 13.0 Å². The number of hydrogen-bond donors (Lipinski definition) is 3. The molecule has 1 aromatic carbocycles. The molecule has 3 aromatic rings. The van der Waals surface area contributed by atoms with Crippen LogP contribution in [-0.4, -0.2) is 44.4 Å². The Balaban J connectivity index is 1.56. The Morgan fingerprint density at radius 2 is 2.00 bits per heavy atom. The molecule has 2 aromatic heterocycles. The minimum atomic E-state index is -1.46. The highest BCUT2D eigenvalue weighted by molar-refractivity contribution is 7.80. The number of piperidine rings is 1. The van der Waals surface area contributed by atoms with Gasteiger partial charge in [0.05, 0.1) is 6.20 Å². The van der Waals surface area contributed by atoms with Crippen molar-refractivity contribution < 1.29 is 9.50 Å². The van der Waals surface area contributed by atoms with Crippen LogP contribution in [-0.2, 0) is 5.06 Å². The molecule has 1 aliphatic heterocycles. The molecule has 0 saturated carbocycles. The van der Waals surface area contributed by atoms with Crippen molar-refractivity contribution in [3.8, 4) is 11.1 Å². The van der Waals surface area contributed by atoms with Gasteiger partial charge in [-0.3, -0.25) is 4.90 Å². The van der Waals surface area contributed by atoms with E-state index in [0.717, 1.165) is 30.7 Å². The molecule has 0 bridgehead atoms. The fourth-order valence-electron chi connectivity index (χ4n) is 3.76. The van der Waals surface area contributed by atoms with Crippen molar-refractivity contribution in [2.24, 2.45) is 0 Å². The van der Waals surface area contributed by atoms with E-state index < -0.39 is 5.06 Å². The van der Waals surface area contributed by atoms with Crippen LogP contribution in [0.15, 0.2) is 49.1 Å². The molecule has 8 heteroatoms. The minimum absolute atomic E-state index is 0.377. The highest BCUT2D eigenvalue weighted by atomic mass is 32.1. The third kappa shape index (κ3) is 4.66. The zero-order valence-electron chi connectivity index (χ0n) is 17.0. The van der Waals surface area contributed by atoms with E-state index in [1.807, 2.05) is 6.07 Å². The number of hydrogen-bond acceptors (Lipinski definition) is 6. The number of fused-ring (bicyclic) bond motifs is 1. The van der Waals surface area contributed by atoms with E-state index in [-0.39, 0.29) is 5.82 Å². The average Bonchev–Trinajstić information content (AvgIpc) is 3.19. The predicted molar refractivity (Wildman–Crippen MR) is 121 cm³/mol. The number of thiol groups is 1. The molecule has 2 N–H and O–H groups in total. The summed E-state index contributed by atoms with van der Waals surface area (Å²) in [6, 6.07) is 5.11. The molecule has 0 spiro atoms. The Bertz CT molecular complexity index is 1070. The van der Waals surface area contributed by atoms with Crippen LogP contribution in [0.25, 0.3) is 21.9 Å². The standard InChI is InChI=1S/C22H26FN5OS/c1-15(13-27-6-4-3-5-7-27)26-21-10-16-8-19(20(23)9-17(16)11-24-21)18-12-25-28(14-18)22(2,29)30/h8-12,14,29-30H,1,3-7,13H2,2H3,(H,24,26). The van der Waals surface area contributed by atoms with Gasteiger partial charge in [-0.2, -0.15) is 5.10 Å². The van der Waals surface area contributed by atoms with Gasteiger partial charge < -0.3 is 10.4 Å². The monoisotopic (exact) mass is 427 g/mol. The fraction of sp³-hybridized carbons (Fsp3) is 0.364. The van der Waals surface area contributed by atoms with Crippen LogP contribution in [0.5, 0.6) is 0 Å². The van der Waals surface area contributed by atoms with Crippen molar-refractivity contribution in [2.45, 2.75) is 31.2 Å². The number of aliphatic hydroxyl groups is 1. The van der Waals surface area contributed by atoms with Crippen molar-refractivity contribution in [2.75, 3.05) is 25.0 Å². The zero-order chi connectivity index (χ0) is 21.3. The van der Waals surface area contributed by atoms with Gasteiger partial charge in [-0.15, -0.1) is 12.6 Å². The van der Waals surface area contributed by atoms with Crippen molar-refractivity contribution in [3.63, 3.8) is 0 Å². The summed E-state index contributed by atoms with van der Waals surface area (Å²) in [7, 11) is 0. The average molecular weight is 428 g/mol. The second-order valence-electron chi connectivity index (χ2n) is 7.96. The Kier molecular flexibility index (Phi) is 5.81. The SMILES string of the molecule is C=C(CN1CCCCC1)Nc1cc2cc(-c3cnn(C(C)(O)S)c3)c(F)cc2cn1. The molecule has 1 saturated heterocycles. The summed E-state index contributed by atoms with van der Waals surface area (Å²) in [5, 5.41) is 17.4. The smallest absolute Gasteiger partial charge is 0.200 e. The summed E-state index contributed by atoms with van der Waals surface area (Å²) in [6.45, 7) is 8.61. The lowest BCUT2D eigenvalue weighted by Crippen LogP contribution is -2.32. The maximum Gasteiger partial charge on any atom is 0.200 e. The molecule has 1 aliphatic rings. The van der Waals surface area contributed by atoms with Gasteiger partial charge in [0.1, 0.15) is 11.6 Å². The van der Waals surface area contributed by atoms with Gasteiger partial charge in [0.2, 0.25) is 5.06 Å². The fourth-order valence-corrected chi connectivity index (χ4v) is 3.87. The number of nitrogens with zero attached hydrogens (tertiary/aromatic N) is 4. The van der Waals surface area contributed by atoms with E-state index in [4.69, 9.17) is 0 Å². The van der Waals surface area contributed by atoms with Gasteiger partial charge in [0.15, 0.2) is 0 Å². The van der Waals surface area contributed by atoms with Crippen molar-refractivity contribution in [3.05, 3.63) is 54.9 Å². The highest BCUT2D eigenvalue weighted by Gasteiger charge is 2.19. The first kappa shape index (κ1) is 20.8. The van der Waals surface area contributed by atoms with Crippen molar-refractivity contribution in [1.29, 1.82) is 0 Å². The number of benzene rings is 1. The Labute approximate surface area is 180 Å². The first-order valence-corrected chi connectivity index (χ1v) is 10.5. The molecule has 0 amide bonds. The first-order valence-electron chi connectivity index (χ1n) is 10.1. The summed E-state index contributed by atoms with van der Waals surface area (Å²) in [4.78, 5) is 6.79. The van der Waals surface area contributed by atoms with Crippen molar-refractivity contribution >= 4 is 29.2 Å². The lowest BCUT2D eigenvalue weighted by molar-refractivity contribution is 0.0716. The Morgan fingerprint density at radius 1 is 1.23 bits per heavy atom. The molecule has 1 fully saturated rings. The molecule has 158 valence electrons. The maximum absolute atomic E-state index is 14.7. The highest BCUT2D eigenvalue weighted by Crippen LogP contribution is 2.30. The number of nitrogens with one attached hydrogen (secondary N) is 1. The first-order chi connectivity index (χ1) is 14.3. The quantitative estimate of drug-likeness (QED) is 0.406. The normalized spacial score (nSPS) is 17.1. The number of pyridine rings is 1. The topological polar surface area (TPSA) is 66.2 Å². The molecule has 4 rings (SSSR count). The van der Waals surface area contributed by atoms with Crippen LogP contribution in [0.3, 0.4) is 0 Å². The van der Waals surface area contributed by atoms with Gasteiger partial charge in [0, 0.05) is 41.1 Å². The maximum atomic E-state index is 14.7. The third-order valence-electron chi connectivity index (χ3n) is 5.30. The van der Waals surface area contributed by atoms with Crippen molar-refractivity contribution in [1.82, 2.24) is 19.7 Å². The van der Waals surface area contributed by atoms with Gasteiger partial charge >= 0.3 is 0 Å². The second-order valence-corrected chi connectivity index (χ2v) is 8.81. The number of rotatable bonds is 6. The molecular formula is C22H26FN5OS.